The zero-order valence-corrected chi connectivity index (χ0v) is 14.6. The highest BCUT2D eigenvalue weighted by molar-refractivity contribution is 7.88. The van der Waals surface area contributed by atoms with Crippen LogP contribution in [0.1, 0.15) is 26.3 Å². The van der Waals surface area contributed by atoms with E-state index in [-0.39, 0.29) is 11.8 Å². The zero-order chi connectivity index (χ0) is 16.3. The van der Waals surface area contributed by atoms with E-state index in [9.17, 15) is 8.42 Å². The molecule has 1 fully saturated rings. The smallest absolute Gasteiger partial charge is 0.216 e. The molecule has 1 saturated heterocycles. The van der Waals surface area contributed by atoms with E-state index in [1.54, 1.807) is 19.2 Å². The molecule has 1 aliphatic rings. The summed E-state index contributed by atoms with van der Waals surface area (Å²) in [6.45, 7) is 8.08. The van der Waals surface area contributed by atoms with Crippen LogP contribution in [0.4, 0.5) is 0 Å². The topological polar surface area (TPSA) is 58.6 Å². The van der Waals surface area contributed by atoms with Crippen LogP contribution in [0.25, 0.3) is 0 Å². The van der Waals surface area contributed by atoms with Gasteiger partial charge in [0.2, 0.25) is 10.0 Å². The number of rotatable bonds is 6. The summed E-state index contributed by atoms with van der Waals surface area (Å²) in [4.78, 5) is 2.31. The number of ether oxygens (including phenoxy) is 1. The second-order valence-corrected chi connectivity index (χ2v) is 8.11. The third kappa shape index (κ3) is 4.44. The first-order valence-electron chi connectivity index (χ1n) is 7.67. The van der Waals surface area contributed by atoms with Crippen LogP contribution in [-0.4, -0.2) is 45.6 Å². The molecule has 0 spiro atoms. The van der Waals surface area contributed by atoms with E-state index in [1.807, 2.05) is 12.1 Å². The van der Waals surface area contributed by atoms with Crippen molar-refractivity contribution in [3.05, 3.63) is 29.8 Å². The van der Waals surface area contributed by atoms with Crippen LogP contribution in [0.2, 0.25) is 0 Å². The summed E-state index contributed by atoms with van der Waals surface area (Å²) in [5.41, 5.74) is 0.734. The van der Waals surface area contributed by atoms with Gasteiger partial charge in [0.05, 0.1) is 12.9 Å². The standard InChI is InChI=1S/C16H26N2O3S/c1-12(2)18-9-13(3)16(10-18)17-22(19,20)11-14-6-5-7-15(8-14)21-4/h5-8,12-13,16-17H,9-11H2,1-4H3/t13-,16-/m0/s1. The predicted molar refractivity (Wildman–Crippen MR) is 88.4 cm³/mol. The highest BCUT2D eigenvalue weighted by Crippen LogP contribution is 2.20. The number of methoxy groups -OCH3 is 1. The number of nitrogens with one attached hydrogen (secondary N) is 1. The molecule has 0 radical (unpaired) electrons. The van der Waals surface area contributed by atoms with Crippen molar-refractivity contribution in [3.8, 4) is 5.75 Å². The van der Waals surface area contributed by atoms with E-state index in [2.05, 4.69) is 30.4 Å². The molecule has 1 aromatic carbocycles. The molecule has 22 heavy (non-hydrogen) atoms. The highest BCUT2D eigenvalue weighted by atomic mass is 32.2. The molecule has 2 rings (SSSR count). The third-order valence-electron chi connectivity index (χ3n) is 4.19. The van der Waals surface area contributed by atoms with Gasteiger partial charge in [-0.25, -0.2) is 13.1 Å². The number of hydrogen-bond acceptors (Lipinski definition) is 4. The maximum atomic E-state index is 12.4. The Kier molecular flexibility index (Phi) is 5.47. The van der Waals surface area contributed by atoms with Gasteiger partial charge in [-0.15, -0.1) is 0 Å². The Hall–Kier alpha value is -1.11. The van der Waals surface area contributed by atoms with E-state index in [0.717, 1.165) is 18.7 Å². The quantitative estimate of drug-likeness (QED) is 0.867. The molecule has 124 valence electrons. The van der Waals surface area contributed by atoms with E-state index in [4.69, 9.17) is 4.74 Å². The van der Waals surface area contributed by atoms with Crippen LogP contribution in [-0.2, 0) is 15.8 Å². The molecule has 5 nitrogen and oxygen atoms in total. The van der Waals surface area contributed by atoms with Crippen molar-refractivity contribution < 1.29 is 13.2 Å². The Morgan fingerprint density at radius 3 is 2.68 bits per heavy atom. The number of nitrogens with zero attached hydrogens (tertiary/aromatic N) is 1. The summed E-state index contributed by atoms with van der Waals surface area (Å²) in [6, 6.07) is 7.61. The molecule has 1 aromatic rings. The van der Waals surface area contributed by atoms with Crippen molar-refractivity contribution >= 4 is 10.0 Å². The number of benzene rings is 1. The van der Waals surface area contributed by atoms with Crippen LogP contribution in [0, 0.1) is 5.92 Å². The molecular weight excluding hydrogens is 300 g/mol. The zero-order valence-electron chi connectivity index (χ0n) is 13.7. The molecule has 1 aliphatic heterocycles. The average Bonchev–Trinajstić information content (AvgIpc) is 2.79. The monoisotopic (exact) mass is 326 g/mol. The van der Waals surface area contributed by atoms with Crippen molar-refractivity contribution in [1.29, 1.82) is 0 Å². The minimum atomic E-state index is -3.36. The van der Waals surface area contributed by atoms with Gasteiger partial charge in [-0.3, -0.25) is 4.90 Å². The Labute approximate surface area is 133 Å². The van der Waals surface area contributed by atoms with Gasteiger partial charge in [-0.2, -0.15) is 0 Å². The molecular formula is C16H26N2O3S. The van der Waals surface area contributed by atoms with Gasteiger partial charge in [0.15, 0.2) is 0 Å². The van der Waals surface area contributed by atoms with Crippen molar-refractivity contribution in [2.75, 3.05) is 20.2 Å². The fourth-order valence-corrected chi connectivity index (χ4v) is 4.30. The van der Waals surface area contributed by atoms with E-state index < -0.39 is 10.0 Å². The Bertz CT molecular complexity index is 601. The second kappa shape index (κ2) is 6.98. The molecule has 0 unspecified atom stereocenters. The summed E-state index contributed by atoms with van der Waals surface area (Å²) >= 11 is 0. The van der Waals surface area contributed by atoms with E-state index in [0.29, 0.717) is 17.7 Å². The lowest BCUT2D eigenvalue weighted by atomic mass is 10.1. The van der Waals surface area contributed by atoms with E-state index >= 15 is 0 Å². The molecule has 2 atom stereocenters. The summed E-state index contributed by atoms with van der Waals surface area (Å²) < 4.78 is 32.8. The van der Waals surface area contributed by atoms with Crippen LogP contribution in [0.5, 0.6) is 5.75 Å². The lowest BCUT2D eigenvalue weighted by molar-refractivity contribution is 0.265. The second-order valence-electron chi connectivity index (χ2n) is 6.36. The fraction of sp³-hybridized carbons (Fsp3) is 0.625. The predicted octanol–water partition coefficient (Wildman–Crippen LogP) is 1.84. The van der Waals surface area contributed by atoms with Gasteiger partial charge < -0.3 is 4.74 Å². The minimum Gasteiger partial charge on any atom is -0.497 e. The summed E-state index contributed by atoms with van der Waals surface area (Å²) in [6.07, 6.45) is 0. The highest BCUT2D eigenvalue weighted by Gasteiger charge is 2.33. The number of hydrogen-bond donors (Lipinski definition) is 1. The maximum Gasteiger partial charge on any atom is 0.216 e. The van der Waals surface area contributed by atoms with Gasteiger partial charge in [0.25, 0.3) is 0 Å². The summed E-state index contributed by atoms with van der Waals surface area (Å²) in [5, 5.41) is 0. The van der Waals surface area contributed by atoms with Gasteiger partial charge in [-0.1, -0.05) is 19.1 Å². The first-order valence-corrected chi connectivity index (χ1v) is 9.33. The molecule has 0 bridgehead atoms. The number of likely N-dealkylation sites (tertiary alicyclic amines) is 1. The third-order valence-corrected chi connectivity index (χ3v) is 5.57. The molecule has 0 aromatic heterocycles. The summed E-state index contributed by atoms with van der Waals surface area (Å²) in [7, 11) is -1.78. The first kappa shape index (κ1) is 17.2. The lowest BCUT2D eigenvalue weighted by Gasteiger charge is -2.20. The molecule has 0 amide bonds. The van der Waals surface area contributed by atoms with Crippen molar-refractivity contribution in [2.45, 2.75) is 38.6 Å². The van der Waals surface area contributed by atoms with Gasteiger partial charge in [-0.05, 0) is 37.5 Å². The maximum absolute atomic E-state index is 12.4. The molecule has 1 heterocycles. The van der Waals surface area contributed by atoms with E-state index in [1.165, 1.54) is 0 Å². The van der Waals surface area contributed by atoms with Crippen LogP contribution < -0.4 is 9.46 Å². The summed E-state index contributed by atoms with van der Waals surface area (Å²) in [5.74, 6) is 0.977. The minimum absolute atomic E-state index is 0.0157. The van der Waals surface area contributed by atoms with Crippen molar-refractivity contribution in [3.63, 3.8) is 0 Å². The fourth-order valence-electron chi connectivity index (χ4n) is 2.83. The number of sulfonamides is 1. The SMILES string of the molecule is COc1cccc(CS(=O)(=O)N[C@H]2CN(C(C)C)C[C@@H]2C)c1. The molecule has 0 aliphatic carbocycles. The molecule has 1 N–H and O–H groups in total. The van der Waals surface area contributed by atoms with Crippen molar-refractivity contribution in [1.82, 2.24) is 9.62 Å². The Morgan fingerprint density at radius 1 is 1.36 bits per heavy atom. The Morgan fingerprint density at radius 2 is 2.09 bits per heavy atom. The first-order chi connectivity index (χ1) is 10.3. The van der Waals surface area contributed by atoms with Crippen LogP contribution >= 0.6 is 0 Å². The molecule has 0 saturated carbocycles. The van der Waals surface area contributed by atoms with Gasteiger partial charge in [0.1, 0.15) is 5.75 Å². The largest absolute Gasteiger partial charge is 0.497 e. The Balaban J connectivity index is 2.02. The van der Waals surface area contributed by atoms with Crippen LogP contribution in [0.15, 0.2) is 24.3 Å². The lowest BCUT2D eigenvalue weighted by Crippen LogP contribution is -2.41. The van der Waals surface area contributed by atoms with Crippen LogP contribution in [0.3, 0.4) is 0 Å². The van der Waals surface area contributed by atoms with Gasteiger partial charge in [0, 0.05) is 25.2 Å². The van der Waals surface area contributed by atoms with Crippen molar-refractivity contribution in [2.24, 2.45) is 5.92 Å². The molecule has 6 heteroatoms. The normalized spacial score (nSPS) is 23.1. The average molecular weight is 326 g/mol. The van der Waals surface area contributed by atoms with Gasteiger partial charge >= 0.3 is 0 Å².